The van der Waals surface area contributed by atoms with Gasteiger partial charge in [-0.1, -0.05) is 11.6 Å². The van der Waals surface area contributed by atoms with Crippen molar-refractivity contribution < 1.29 is 9.90 Å². The van der Waals surface area contributed by atoms with Gasteiger partial charge in [-0.2, -0.15) is 0 Å². The molecule has 0 radical (unpaired) electrons. The van der Waals surface area contributed by atoms with Crippen molar-refractivity contribution in [3.63, 3.8) is 0 Å². The fourth-order valence-corrected chi connectivity index (χ4v) is 4.51. The van der Waals surface area contributed by atoms with Crippen LogP contribution in [0.1, 0.15) is 36.2 Å². The van der Waals surface area contributed by atoms with Crippen LogP contribution in [0.2, 0.25) is 5.15 Å². The van der Waals surface area contributed by atoms with Crippen molar-refractivity contribution >= 4 is 56.8 Å². The van der Waals surface area contributed by atoms with E-state index in [4.69, 9.17) is 11.6 Å². The van der Waals surface area contributed by atoms with Crippen molar-refractivity contribution in [3.8, 4) is 0 Å². The van der Waals surface area contributed by atoms with Crippen LogP contribution in [0, 0.1) is 0 Å². The highest BCUT2D eigenvalue weighted by Gasteiger charge is 2.22. The predicted octanol–water partition coefficient (Wildman–Crippen LogP) is 3.95. The summed E-state index contributed by atoms with van der Waals surface area (Å²) in [7, 11) is 0. The molecule has 0 atom stereocenters. The van der Waals surface area contributed by atoms with Gasteiger partial charge in [-0.15, -0.1) is 16.4 Å². The SMILES string of the molecule is O=C(Nc1ccnc(Cl)c1)c1cnc2c(Nc3nccs3)cc(NC3CCC(O)CC3)nn12. The molecule has 0 spiro atoms. The van der Waals surface area contributed by atoms with E-state index in [2.05, 4.69) is 36.0 Å². The van der Waals surface area contributed by atoms with Gasteiger partial charge in [-0.3, -0.25) is 4.79 Å². The first kappa shape index (κ1) is 21.6. The molecule has 1 fully saturated rings. The first-order valence-electron chi connectivity index (χ1n) is 10.5. The summed E-state index contributed by atoms with van der Waals surface area (Å²) >= 11 is 7.39. The molecule has 0 bridgehead atoms. The minimum atomic E-state index is -0.379. The quantitative estimate of drug-likeness (QED) is 0.303. The van der Waals surface area contributed by atoms with Crippen molar-refractivity contribution in [1.82, 2.24) is 24.6 Å². The van der Waals surface area contributed by atoms with Gasteiger partial charge in [0.1, 0.15) is 11.0 Å². The largest absolute Gasteiger partial charge is 0.393 e. The Morgan fingerprint density at radius 3 is 2.76 bits per heavy atom. The third kappa shape index (κ3) is 4.90. The van der Waals surface area contributed by atoms with Gasteiger partial charge in [-0.25, -0.2) is 19.5 Å². The number of carbonyl (C=O) groups excluding carboxylic acids is 1. The fraction of sp³-hybridized carbons (Fsp3) is 0.286. The number of nitrogens with one attached hydrogen (secondary N) is 3. The third-order valence-electron chi connectivity index (χ3n) is 5.41. The minimum Gasteiger partial charge on any atom is -0.393 e. The Kier molecular flexibility index (Phi) is 6.07. The molecule has 0 saturated heterocycles. The van der Waals surface area contributed by atoms with E-state index in [1.54, 1.807) is 18.3 Å². The van der Waals surface area contributed by atoms with E-state index in [1.165, 1.54) is 28.2 Å². The highest BCUT2D eigenvalue weighted by Crippen LogP contribution is 2.28. The zero-order chi connectivity index (χ0) is 22.8. The summed E-state index contributed by atoms with van der Waals surface area (Å²) in [6, 6.07) is 5.26. The number of imidazole rings is 1. The van der Waals surface area contributed by atoms with Gasteiger partial charge in [0.05, 0.1) is 18.0 Å². The molecule has 1 aliphatic carbocycles. The van der Waals surface area contributed by atoms with Gasteiger partial charge >= 0.3 is 0 Å². The van der Waals surface area contributed by atoms with E-state index in [1.807, 2.05) is 11.4 Å². The van der Waals surface area contributed by atoms with E-state index >= 15 is 0 Å². The van der Waals surface area contributed by atoms with Crippen LogP contribution in [-0.4, -0.2) is 47.7 Å². The summed E-state index contributed by atoms with van der Waals surface area (Å²) in [4.78, 5) is 25.7. The number of halogens is 1. The van der Waals surface area contributed by atoms with E-state index in [0.29, 0.717) is 28.0 Å². The molecule has 1 amide bonds. The Labute approximate surface area is 198 Å². The molecule has 12 heteroatoms. The van der Waals surface area contributed by atoms with Crippen LogP contribution in [0.15, 0.2) is 42.2 Å². The second-order valence-corrected chi connectivity index (χ2v) is 9.04. The zero-order valence-electron chi connectivity index (χ0n) is 17.4. The number of hydrogen-bond donors (Lipinski definition) is 4. The molecule has 4 heterocycles. The number of rotatable bonds is 6. The average Bonchev–Trinajstić information content (AvgIpc) is 3.45. The van der Waals surface area contributed by atoms with Crippen LogP contribution in [-0.2, 0) is 0 Å². The number of pyridine rings is 1. The molecule has 4 aromatic rings. The molecular formula is C21H21ClN8O2S. The van der Waals surface area contributed by atoms with E-state index in [0.717, 1.165) is 25.7 Å². The zero-order valence-corrected chi connectivity index (χ0v) is 19.0. The molecule has 0 aromatic carbocycles. The summed E-state index contributed by atoms with van der Waals surface area (Å²) < 4.78 is 1.51. The molecule has 33 heavy (non-hydrogen) atoms. The Balaban J connectivity index is 1.48. The highest BCUT2D eigenvalue weighted by molar-refractivity contribution is 7.13. The number of aliphatic hydroxyl groups excluding tert-OH is 1. The van der Waals surface area contributed by atoms with E-state index in [9.17, 15) is 9.90 Å². The summed E-state index contributed by atoms with van der Waals surface area (Å²) in [5, 5.41) is 26.8. The predicted molar refractivity (Wildman–Crippen MR) is 127 cm³/mol. The molecular weight excluding hydrogens is 464 g/mol. The molecule has 1 aliphatic rings. The maximum absolute atomic E-state index is 13.0. The van der Waals surface area contributed by atoms with E-state index < -0.39 is 0 Å². The van der Waals surface area contributed by atoms with Crippen LogP contribution >= 0.6 is 22.9 Å². The summed E-state index contributed by atoms with van der Waals surface area (Å²) in [5.74, 6) is 0.220. The number of carbonyl (C=O) groups is 1. The van der Waals surface area contributed by atoms with Gasteiger partial charge in [0.25, 0.3) is 5.91 Å². The second kappa shape index (κ2) is 9.30. The Morgan fingerprint density at radius 2 is 2.00 bits per heavy atom. The lowest BCUT2D eigenvalue weighted by Crippen LogP contribution is -2.29. The number of hydrogen-bond acceptors (Lipinski definition) is 9. The fourth-order valence-electron chi connectivity index (χ4n) is 3.79. The van der Waals surface area contributed by atoms with Crippen molar-refractivity contribution in [2.24, 2.45) is 0 Å². The molecule has 4 N–H and O–H groups in total. The molecule has 170 valence electrons. The number of anilines is 4. The van der Waals surface area contributed by atoms with Crippen molar-refractivity contribution in [3.05, 3.63) is 53.0 Å². The van der Waals surface area contributed by atoms with Gasteiger partial charge in [0.2, 0.25) is 0 Å². The molecule has 0 aliphatic heterocycles. The minimum absolute atomic E-state index is 0.186. The van der Waals surface area contributed by atoms with Gasteiger partial charge < -0.3 is 21.1 Å². The Morgan fingerprint density at radius 1 is 1.15 bits per heavy atom. The maximum Gasteiger partial charge on any atom is 0.276 e. The summed E-state index contributed by atoms with van der Waals surface area (Å²) in [6.07, 6.45) is 7.65. The van der Waals surface area contributed by atoms with Crippen molar-refractivity contribution in [2.75, 3.05) is 16.0 Å². The standard InChI is InChI=1S/C21H21ClN8O2S/c22-17-9-13(5-6-23-17)27-20(32)16-11-25-19-15(28-21-24-7-8-33-21)10-18(29-30(16)19)26-12-1-3-14(31)4-2-12/h5-12,14,31H,1-4H2,(H,24,28)(H,26,29)(H,23,27,32). The smallest absolute Gasteiger partial charge is 0.276 e. The van der Waals surface area contributed by atoms with Crippen LogP contribution in [0.5, 0.6) is 0 Å². The Bertz CT molecular complexity index is 1270. The second-order valence-electron chi connectivity index (χ2n) is 7.76. The normalized spacial score (nSPS) is 18.2. The monoisotopic (exact) mass is 484 g/mol. The number of fused-ring (bicyclic) bond motifs is 1. The molecule has 10 nitrogen and oxygen atoms in total. The van der Waals surface area contributed by atoms with Crippen LogP contribution in [0.25, 0.3) is 5.65 Å². The number of nitrogens with zero attached hydrogens (tertiary/aromatic N) is 5. The topological polar surface area (TPSA) is 129 Å². The van der Waals surface area contributed by atoms with Crippen LogP contribution in [0.4, 0.5) is 22.3 Å². The average molecular weight is 485 g/mol. The van der Waals surface area contributed by atoms with Gasteiger partial charge in [0.15, 0.2) is 16.5 Å². The summed E-state index contributed by atoms with van der Waals surface area (Å²) in [6.45, 7) is 0. The van der Waals surface area contributed by atoms with Gasteiger partial charge in [0, 0.05) is 35.6 Å². The number of aromatic nitrogens is 5. The maximum atomic E-state index is 13.0. The summed E-state index contributed by atoms with van der Waals surface area (Å²) in [5.41, 5.74) is 1.95. The van der Waals surface area contributed by atoms with Crippen molar-refractivity contribution in [1.29, 1.82) is 0 Å². The molecule has 4 aromatic heterocycles. The number of thiazole rings is 1. The van der Waals surface area contributed by atoms with Crippen molar-refractivity contribution in [2.45, 2.75) is 37.8 Å². The lowest BCUT2D eigenvalue weighted by molar-refractivity contribution is 0.102. The molecule has 5 rings (SSSR count). The first-order chi connectivity index (χ1) is 16.0. The lowest BCUT2D eigenvalue weighted by Gasteiger charge is -2.26. The third-order valence-corrected chi connectivity index (χ3v) is 6.30. The highest BCUT2D eigenvalue weighted by atomic mass is 35.5. The van der Waals surface area contributed by atoms with Crippen LogP contribution in [0.3, 0.4) is 0 Å². The number of aliphatic hydroxyl groups is 1. The molecule has 0 unspecified atom stereocenters. The van der Waals surface area contributed by atoms with Crippen LogP contribution < -0.4 is 16.0 Å². The first-order valence-corrected chi connectivity index (χ1v) is 11.7. The number of amides is 1. The van der Waals surface area contributed by atoms with Gasteiger partial charge in [-0.05, 0) is 37.8 Å². The Hall–Kier alpha value is -3.28. The molecule has 1 saturated carbocycles. The van der Waals surface area contributed by atoms with E-state index in [-0.39, 0.29) is 28.9 Å². The lowest BCUT2D eigenvalue weighted by atomic mass is 9.93.